The lowest BCUT2D eigenvalue weighted by Gasteiger charge is -2.02. The number of nitrogens with zero attached hydrogens (tertiary/aromatic N) is 1. The number of carbonyl (C=O) groups is 2. The molecule has 0 radical (unpaired) electrons. The Morgan fingerprint density at radius 3 is 2.14 bits per heavy atom. The van der Waals surface area contributed by atoms with Crippen LogP contribution >= 0.6 is 15.9 Å². The van der Waals surface area contributed by atoms with Gasteiger partial charge in [-0.3, -0.25) is 4.79 Å². The van der Waals surface area contributed by atoms with Crippen molar-refractivity contribution < 1.29 is 14.7 Å². The highest BCUT2D eigenvalue weighted by molar-refractivity contribution is 9.10. The minimum Gasteiger partial charge on any atom is -0.545 e. The molecule has 0 atom stereocenters. The predicted octanol–water partition coefficient (Wildman–Crippen LogP) is 1.58. The van der Waals surface area contributed by atoms with Gasteiger partial charge in [0, 0.05) is 10.0 Å². The molecule has 0 spiro atoms. The van der Waals surface area contributed by atoms with Crippen molar-refractivity contribution in [1.29, 1.82) is 0 Å². The number of rotatable bonds is 4. The first-order valence-corrected chi connectivity index (χ1v) is 6.76. The van der Waals surface area contributed by atoms with Gasteiger partial charge in [0.1, 0.15) is 0 Å². The third-order valence-electron chi connectivity index (χ3n) is 2.63. The maximum atomic E-state index is 11.8. The Kier molecular flexibility index (Phi) is 4.84. The second kappa shape index (κ2) is 6.81. The Bertz CT molecular complexity index is 679. The van der Waals surface area contributed by atoms with E-state index < -0.39 is 5.97 Å². The van der Waals surface area contributed by atoms with Crippen molar-refractivity contribution in [3.8, 4) is 0 Å². The van der Waals surface area contributed by atoms with Gasteiger partial charge in [-0.25, -0.2) is 5.43 Å². The zero-order valence-electron chi connectivity index (χ0n) is 10.7. The minimum absolute atomic E-state index is 0.0889. The van der Waals surface area contributed by atoms with Gasteiger partial charge in [0.15, 0.2) is 0 Å². The lowest BCUT2D eigenvalue weighted by molar-refractivity contribution is -0.255. The Balaban J connectivity index is 1.97. The average Bonchev–Trinajstić information content (AvgIpc) is 2.48. The number of hydrogen-bond acceptors (Lipinski definition) is 4. The van der Waals surface area contributed by atoms with Crippen molar-refractivity contribution in [2.75, 3.05) is 0 Å². The molecule has 1 amide bonds. The fourth-order valence-electron chi connectivity index (χ4n) is 1.54. The molecule has 0 aliphatic heterocycles. The smallest absolute Gasteiger partial charge is 0.271 e. The monoisotopic (exact) mass is 345 g/mol. The summed E-state index contributed by atoms with van der Waals surface area (Å²) in [7, 11) is 0. The van der Waals surface area contributed by atoms with Crippen LogP contribution in [0, 0.1) is 0 Å². The number of benzene rings is 2. The van der Waals surface area contributed by atoms with E-state index in [1.54, 1.807) is 36.4 Å². The largest absolute Gasteiger partial charge is 0.545 e. The molecule has 0 bridgehead atoms. The zero-order chi connectivity index (χ0) is 15.2. The summed E-state index contributed by atoms with van der Waals surface area (Å²) in [6.45, 7) is 0. The normalized spacial score (nSPS) is 10.5. The fourth-order valence-corrected chi connectivity index (χ4v) is 1.80. The van der Waals surface area contributed by atoms with E-state index in [0.29, 0.717) is 11.1 Å². The highest BCUT2D eigenvalue weighted by atomic mass is 79.9. The van der Waals surface area contributed by atoms with Crippen LogP contribution in [0.15, 0.2) is 58.1 Å². The van der Waals surface area contributed by atoms with Crippen molar-refractivity contribution in [1.82, 2.24) is 5.43 Å². The molecule has 0 fully saturated rings. The number of aromatic carboxylic acids is 1. The molecule has 0 aliphatic rings. The Morgan fingerprint density at radius 1 is 1.00 bits per heavy atom. The average molecular weight is 346 g/mol. The van der Waals surface area contributed by atoms with E-state index in [1.807, 2.05) is 0 Å². The summed E-state index contributed by atoms with van der Waals surface area (Å²) >= 11 is 3.29. The molecule has 6 heteroatoms. The van der Waals surface area contributed by atoms with Crippen molar-refractivity contribution >= 4 is 34.0 Å². The van der Waals surface area contributed by atoms with Crippen LogP contribution in [0.2, 0.25) is 0 Å². The lowest BCUT2D eigenvalue weighted by Crippen LogP contribution is -2.22. The summed E-state index contributed by atoms with van der Waals surface area (Å²) in [5.41, 5.74) is 3.63. The molecule has 0 saturated heterocycles. The topological polar surface area (TPSA) is 81.6 Å². The van der Waals surface area contributed by atoms with E-state index in [0.717, 1.165) is 4.47 Å². The number of hydrazone groups is 1. The van der Waals surface area contributed by atoms with Gasteiger partial charge in [0.05, 0.1) is 12.2 Å². The van der Waals surface area contributed by atoms with Gasteiger partial charge in [-0.2, -0.15) is 5.10 Å². The Labute approximate surface area is 129 Å². The number of hydrogen-bond donors (Lipinski definition) is 1. The number of carboxylic acids is 1. The molecule has 5 nitrogen and oxygen atoms in total. The first-order chi connectivity index (χ1) is 10.1. The quantitative estimate of drug-likeness (QED) is 0.674. The van der Waals surface area contributed by atoms with E-state index in [4.69, 9.17) is 0 Å². The minimum atomic E-state index is -1.23. The van der Waals surface area contributed by atoms with Gasteiger partial charge in [-0.15, -0.1) is 0 Å². The van der Waals surface area contributed by atoms with Crippen LogP contribution in [0.1, 0.15) is 26.3 Å². The maximum absolute atomic E-state index is 11.8. The summed E-state index contributed by atoms with van der Waals surface area (Å²) in [6.07, 6.45) is 1.43. The summed E-state index contributed by atoms with van der Waals surface area (Å²) in [4.78, 5) is 22.4. The van der Waals surface area contributed by atoms with Gasteiger partial charge >= 0.3 is 0 Å². The molecule has 2 rings (SSSR count). The second-order valence-electron chi connectivity index (χ2n) is 4.12. The van der Waals surface area contributed by atoms with Gasteiger partial charge in [0.25, 0.3) is 5.91 Å². The lowest BCUT2D eigenvalue weighted by atomic mass is 10.1. The number of nitrogens with one attached hydrogen (secondary N) is 1. The molecule has 0 saturated carbocycles. The highest BCUT2D eigenvalue weighted by Gasteiger charge is 2.02. The van der Waals surface area contributed by atoms with Crippen LogP contribution in [0.4, 0.5) is 0 Å². The van der Waals surface area contributed by atoms with E-state index in [2.05, 4.69) is 26.5 Å². The van der Waals surface area contributed by atoms with Crippen LogP contribution in [-0.4, -0.2) is 18.1 Å². The van der Waals surface area contributed by atoms with E-state index in [-0.39, 0.29) is 11.5 Å². The third kappa shape index (κ3) is 4.25. The molecule has 0 heterocycles. The summed E-state index contributed by atoms with van der Waals surface area (Å²) in [5, 5.41) is 14.4. The summed E-state index contributed by atoms with van der Waals surface area (Å²) in [5.74, 6) is -1.56. The van der Waals surface area contributed by atoms with Crippen LogP contribution in [0.3, 0.4) is 0 Å². The third-order valence-corrected chi connectivity index (χ3v) is 3.16. The fraction of sp³-hybridized carbons (Fsp3) is 0. The summed E-state index contributed by atoms with van der Waals surface area (Å²) < 4.78 is 0.885. The maximum Gasteiger partial charge on any atom is 0.271 e. The van der Waals surface area contributed by atoms with Crippen LogP contribution < -0.4 is 10.5 Å². The van der Waals surface area contributed by atoms with Crippen LogP contribution in [0.25, 0.3) is 0 Å². The first-order valence-electron chi connectivity index (χ1n) is 5.96. The molecular formula is C15H10BrN2O3-. The number of carboxylic acid groups (broad SMARTS) is 1. The first kappa shape index (κ1) is 14.9. The Hall–Kier alpha value is -2.47. The number of carbonyl (C=O) groups excluding carboxylic acids is 2. The molecule has 2 aromatic rings. The number of amides is 1. The Morgan fingerprint density at radius 2 is 1.57 bits per heavy atom. The van der Waals surface area contributed by atoms with Crippen LogP contribution in [-0.2, 0) is 0 Å². The molecule has 21 heavy (non-hydrogen) atoms. The van der Waals surface area contributed by atoms with Crippen molar-refractivity contribution in [2.24, 2.45) is 5.10 Å². The van der Waals surface area contributed by atoms with Crippen molar-refractivity contribution in [2.45, 2.75) is 0 Å². The van der Waals surface area contributed by atoms with E-state index in [1.165, 1.54) is 18.3 Å². The van der Waals surface area contributed by atoms with Gasteiger partial charge in [-0.1, -0.05) is 40.2 Å². The van der Waals surface area contributed by atoms with E-state index >= 15 is 0 Å². The molecule has 106 valence electrons. The zero-order valence-corrected chi connectivity index (χ0v) is 12.3. The van der Waals surface area contributed by atoms with Crippen molar-refractivity contribution in [3.63, 3.8) is 0 Å². The standard InChI is InChI=1S/C15H11BrN2O3/c16-13-7-5-11(6-8-13)14(19)18-17-9-10-1-3-12(4-2-10)15(20)21/h1-9H,(H,18,19)(H,20,21)/p-1/b17-9-. The summed E-state index contributed by atoms with van der Waals surface area (Å²) in [6, 6.07) is 12.8. The molecule has 1 N–H and O–H groups in total. The van der Waals surface area contributed by atoms with Gasteiger partial charge in [0.2, 0.25) is 0 Å². The molecular weight excluding hydrogens is 336 g/mol. The van der Waals surface area contributed by atoms with Gasteiger partial charge < -0.3 is 9.90 Å². The molecule has 2 aromatic carbocycles. The number of halogens is 1. The van der Waals surface area contributed by atoms with E-state index in [9.17, 15) is 14.7 Å². The second-order valence-corrected chi connectivity index (χ2v) is 5.03. The van der Waals surface area contributed by atoms with Crippen molar-refractivity contribution in [3.05, 3.63) is 69.7 Å². The predicted molar refractivity (Wildman–Crippen MR) is 80.0 cm³/mol. The molecule has 0 aromatic heterocycles. The molecule has 0 unspecified atom stereocenters. The SMILES string of the molecule is O=C([O-])c1ccc(/C=N\NC(=O)c2ccc(Br)cc2)cc1. The molecule has 0 aliphatic carbocycles. The highest BCUT2D eigenvalue weighted by Crippen LogP contribution is 2.10. The van der Waals surface area contributed by atoms with Gasteiger partial charge in [-0.05, 0) is 35.4 Å². The van der Waals surface area contributed by atoms with Crippen LogP contribution in [0.5, 0.6) is 0 Å².